The van der Waals surface area contributed by atoms with Crippen LogP contribution in [0.5, 0.6) is 0 Å². The Morgan fingerprint density at radius 2 is 1.28 bits per heavy atom. The molecule has 2 rings (SSSR count). The van der Waals surface area contributed by atoms with Crippen molar-refractivity contribution in [1.82, 2.24) is 0 Å². The third-order valence-corrected chi connectivity index (χ3v) is 4.40. The number of benzene rings is 1. The highest BCUT2D eigenvalue weighted by Crippen LogP contribution is 2.46. The van der Waals surface area contributed by atoms with Crippen molar-refractivity contribution in [1.29, 1.82) is 0 Å². The maximum atomic E-state index is 12.6. The average Bonchev–Trinajstić information content (AvgIpc) is 2.46. The fraction of sp³-hybridized carbons (Fsp3) is 0.500. The standard InChI is InChI=1S/C12H17O5P/c13-18(12-4-2-1-3-5-12)16-10-8-14-6-7-15-9-11-17-18/h1-5H,6-11H2. The van der Waals surface area contributed by atoms with Crippen molar-refractivity contribution in [2.24, 2.45) is 0 Å². The molecule has 1 heterocycles. The normalized spacial score (nSPS) is 22.0. The molecular weight excluding hydrogens is 255 g/mol. The molecule has 0 saturated carbocycles. The first-order valence-corrected chi connectivity index (χ1v) is 7.46. The number of ether oxygens (including phenoxy) is 2. The third-order valence-electron chi connectivity index (χ3n) is 2.42. The molecule has 0 aliphatic carbocycles. The summed E-state index contributed by atoms with van der Waals surface area (Å²) in [5.41, 5.74) is 0. The van der Waals surface area contributed by atoms with Crippen molar-refractivity contribution in [3.63, 3.8) is 0 Å². The number of hydrogen-bond acceptors (Lipinski definition) is 5. The van der Waals surface area contributed by atoms with E-state index in [9.17, 15) is 4.57 Å². The summed E-state index contributed by atoms with van der Waals surface area (Å²) in [5.74, 6) is 0. The summed E-state index contributed by atoms with van der Waals surface area (Å²) in [7, 11) is -3.26. The molecule has 0 N–H and O–H groups in total. The van der Waals surface area contributed by atoms with Crippen molar-refractivity contribution in [2.45, 2.75) is 0 Å². The third kappa shape index (κ3) is 3.90. The van der Waals surface area contributed by atoms with Crippen molar-refractivity contribution in [3.8, 4) is 0 Å². The van der Waals surface area contributed by atoms with Crippen molar-refractivity contribution in [2.75, 3.05) is 39.6 Å². The van der Waals surface area contributed by atoms with Gasteiger partial charge in [-0.3, -0.25) is 4.57 Å². The van der Waals surface area contributed by atoms with E-state index in [4.69, 9.17) is 18.5 Å². The lowest BCUT2D eigenvalue weighted by atomic mass is 10.4. The predicted molar refractivity (Wildman–Crippen MR) is 67.2 cm³/mol. The Morgan fingerprint density at radius 3 is 1.83 bits per heavy atom. The van der Waals surface area contributed by atoms with E-state index in [-0.39, 0.29) is 13.2 Å². The molecule has 0 aromatic heterocycles. The van der Waals surface area contributed by atoms with E-state index in [0.717, 1.165) is 0 Å². The Hall–Kier alpha value is -0.710. The summed E-state index contributed by atoms with van der Waals surface area (Å²) in [6, 6.07) is 8.94. The zero-order chi connectivity index (χ0) is 12.7. The zero-order valence-electron chi connectivity index (χ0n) is 10.1. The van der Waals surface area contributed by atoms with Gasteiger partial charge in [0.15, 0.2) is 0 Å². The summed E-state index contributed by atoms with van der Waals surface area (Å²) in [6.45, 7) is 2.27. The fourth-order valence-corrected chi connectivity index (χ4v) is 3.09. The van der Waals surface area contributed by atoms with Gasteiger partial charge in [0.05, 0.1) is 44.9 Å². The Balaban J connectivity index is 2.08. The van der Waals surface area contributed by atoms with E-state index >= 15 is 0 Å². The average molecular weight is 272 g/mol. The van der Waals surface area contributed by atoms with Crippen LogP contribution in [0.3, 0.4) is 0 Å². The molecule has 100 valence electrons. The van der Waals surface area contributed by atoms with Gasteiger partial charge in [0.1, 0.15) is 0 Å². The van der Waals surface area contributed by atoms with Gasteiger partial charge in [0, 0.05) is 0 Å². The molecule has 1 aliphatic heterocycles. The van der Waals surface area contributed by atoms with E-state index in [1.165, 1.54) is 0 Å². The van der Waals surface area contributed by atoms with Gasteiger partial charge in [-0.25, -0.2) is 0 Å². The molecule has 1 aromatic rings. The summed E-state index contributed by atoms with van der Waals surface area (Å²) >= 11 is 0. The smallest absolute Gasteiger partial charge is 0.361 e. The zero-order valence-corrected chi connectivity index (χ0v) is 11.0. The first-order chi connectivity index (χ1) is 8.81. The highest BCUT2D eigenvalue weighted by atomic mass is 31.2. The quantitative estimate of drug-likeness (QED) is 0.727. The molecule has 1 saturated heterocycles. The molecule has 0 spiro atoms. The molecule has 0 amide bonds. The SMILES string of the molecule is O=P1(c2ccccc2)OCCOCCOCCO1. The lowest BCUT2D eigenvalue weighted by molar-refractivity contribution is 0.0375. The van der Waals surface area contributed by atoms with Crippen LogP contribution in [0.4, 0.5) is 0 Å². The van der Waals surface area contributed by atoms with E-state index in [0.29, 0.717) is 31.7 Å². The summed E-state index contributed by atoms with van der Waals surface area (Å²) < 4.78 is 34.0. The molecular formula is C12H17O5P. The number of rotatable bonds is 1. The Bertz CT molecular complexity index is 379. The monoisotopic (exact) mass is 272 g/mol. The van der Waals surface area contributed by atoms with Gasteiger partial charge in [-0.1, -0.05) is 18.2 Å². The van der Waals surface area contributed by atoms with Crippen LogP contribution in [0.2, 0.25) is 0 Å². The van der Waals surface area contributed by atoms with Crippen LogP contribution in [0.15, 0.2) is 30.3 Å². The number of hydrogen-bond donors (Lipinski definition) is 0. The van der Waals surface area contributed by atoms with Crippen LogP contribution in [-0.4, -0.2) is 39.6 Å². The lowest BCUT2D eigenvalue weighted by Gasteiger charge is -2.18. The van der Waals surface area contributed by atoms with Crippen LogP contribution in [0.25, 0.3) is 0 Å². The highest BCUT2D eigenvalue weighted by molar-refractivity contribution is 7.62. The van der Waals surface area contributed by atoms with E-state index in [2.05, 4.69) is 0 Å². The van der Waals surface area contributed by atoms with Gasteiger partial charge < -0.3 is 18.5 Å². The Labute approximate surface area is 107 Å². The molecule has 1 fully saturated rings. The first-order valence-electron chi connectivity index (χ1n) is 5.91. The molecule has 0 bridgehead atoms. The summed E-state index contributed by atoms with van der Waals surface area (Å²) in [6.07, 6.45) is 0. The van der Waals surface area contributed by atoms with E-state index < -0.39 is 7.60 Å². The van der Waals surface area contributed by atoms with E-state index in [1.807, 2.05) is 6.07 Å². The summed E-state index contributed by atoms with van der Waals surface area (Å²) in [5, 5.41) is 0.559. The minimum Gasteiger partial charge on any atom is -0.377 e. The molecule has 6 heteroatoms. The maximum absolute atomic E-state index is 12.6. The largest absolute Gasteiger partial charge is 0.377 e. The van der Waals surface area contributed by atoms with Crippen molar-refractivity contribution < 1.29 is 23.1 Å². The molecule has 18 heavy (non-hydrogen) atoms. The van der Waals surface area contributed by atoms with Crippen LogP contribution in [0.1, 0.15) is 0 Å². The fourth-order valence-electron chi connectivity index (χ4n) is 1.55. The Morgan fingerprint density at radius 1 is 0.778 bits per heavy atom. The van der Waals surface area contributed by atoms with Crippen molar-refractivity contribution in [3.05, 3.63) is 30.3 Å². The van der Waals surface area contributed by atoms with E-state index in [1.54, 1.807) is 24.3 Å². The van der Waals surface area contributed by atoms with Gasteiger partial charge >= 0.3 is 7.60 Å². The molecule has 1 aromatic carbocycles. The maximum Gasteiger partial charge on any atom is 0.361 e. The second-order valence-electron chi connectivity index (χ2n) is 3.72. The predicted octanol–water partition coefficient (Wildman–Crippen LogP) is 1.58. The topological polar surface area (TPSA) is 54.0 Å². The Kier molecular flexibility index (Phi) is 5.35. The van der Waals surface area contributed by atoms with Crippen LogP contribution in [0, 0.1) is 0 Å². The molecule has 0 radical (unpaired) electrons. The van der Waals surface area contributed by atoms with Crippen LogP contribution < -0.4 is 5.30 Å². The molecule has 0 unspecified atom stereocenters. The van der Waals surface area contributed by atoms with Gasteiger partial charge in [0.2, 0.25) is 0 Å². The first kappa shape index (κ1) is 13.7. The van der Waals surface area contributed by atoms with Gasteiger partial charge in [0.25, 0.3) is 0 Å². The van der Waals surface area contributed by atoms with Crippen LogP contribution >= 0.6 is 7.60 Å². The summed E-state index contributed by atoms with van der Waals surface area (Å²) in [4.78, 5) is 0. The minimum absolute atomic E-state index is 0.242. The lowest BCUT2D eigenvalue weighted by Crippen LogP contribution is -2.13. The second-order valence-corrected chi connectivity index (χ2v) is 5.75. The van der Waals surface area contributed by atoms with Crippen LogP contribution in [-0.2, 0) is 23.1 Å². The molecule has 1 aliphatic rings. The van der Waals surface area contributed by atoms with Gasteiger partial charge in [-0.05, 0) is 12.1 Å². The van der Waals surface area contributed by atoms with Gasteiger partial charge in [-0.15, -0.1) is 0 Å². The second kappa shape index (κ2) is 7.02. The van der Waals surface area contributed by atoms with Crippen molar-refractivity contribution >= 4 is 12.9 Å². The molecule has 0 atom stereocenters. The highest BCUT2D eigenvalue weighted by Gasteiger charge is 2.27. The minimum atomic E-state index is -3.26. The van der Waals surface area contributed by atoms with Gasteiger partial charge in [-0.2, -0.15) is 0 Å². The molecule has 5 nitrogen and oxygen atoms in total.